The van der Waals surface area contributed by atoms with Crippen LogP contribution < -0.4 is 0 Å². The van der Waals surface area contributed by atoms with Gasteiger partial charge in [-0.2, -0.15) is 0 Å². The lowest BCUT2D eigenvalue weighted by atomic mass is 9.80. The number of carbonyl (C=O) groups is 3. The quantitative estimate of drug-likeness (QED) is 0.133. The molecule has 15 atom stereocenters. The van der Waals surface area contributed by atoms with Gasteiger partial charge in [0.2, 0.25) is 0 Å². The molecule has 0 radical (unpaired) electrons. The summed E-state index contributed by atoms with van der Waals surface area (Å²) in [4.78, 5) is 38.8. The van der Waals surface area contributed by atoms with Crippen LogP contribution in [0.2, 0.25) is 0 Å². The van der Waals surface area contributed by atoms with Crippen LogP contribution in [0.5, 0.6) is 0 Å². The van der Waals surface area contributed by atoms with E-state index in [0.717, 1.165) is 12.8 Å². The molecule has 5 rings (SSSR count). The van der Waals surface area contributed by atoms with Crippen molar-refractivity contribution in [2.75, 3.05) is 20.3 Å². The molecule has 3 saturated heterocycles. The Morgan fingerprint density at radius 3 is 1.48 bits per heavy atom. The third-order valence-corrected chi connectivity index (χ3v) is 12.3. The van der Waals surface area contributed by atoms with E-state index >= 15 is 0 Å². The minimum atomic E-state index is -0.883. The van der Waals surface area contributed by atoms with Crippen molar-refractivity contribution < 1.29 is 57.0 Å². The van der Waals surface area contributed by atoms with Crippen molar-refractivity contribution in [2.24, 2.45) is 35.5 Å². The lowest BCUT2D eigenvalue weighted by Gasteiger charge is -2.47. The molecule has 0 aromatic heterocycles. The van der Waals surface area contributed by atoms with Gasteiger partial charge in [0.1, 0.15) is 0 Å². The molecule has 56 heavy (non-hydrogen) atoms. The molecule has 3 fully saturated rings. The molecule has 12 heteroatoms. The summed E-state index contributed by atoms with van der Waals surface area (Å²) < 4.78 is 56.0. The fourth-order valence-corrected chi connectivity index (χ4v) is 8.38. The first-order valence-electron chi connectivity index (χ1n) is 20.3. The highest BCUT2D eigenvalue weighted by molar-refractivity contribution is 5.90. The van der Waals surface area contributed by atoms with Crippen LogP contribution in [0.4, 0.5) is 0 Å². The molecule has 0 aliphatic carbocycles. The van der Waals surface area contributed by atoms with E-state index in [9.17, 15) is 14.4 Å². The zero-order chi connectivity index (χ0) is 40.5. The summed E-state index contributed by atoms with van der Waals surface area (Å²) in [6.45, 7) is 16.2. The van der Waals surface area contributed by atoms with E-state index in [1.165, 1.54) is 14.0 Å². The smallest absolute Gasteiger partial charge is 0.338 e. The first-order chi connectivity index (χ1) is 26.9. The van der Waals surface area contributed by atoms with Crippen molar-refractivity contribution in [1.82, 2.24) is 0 Å². The van der Waals surface area contributed by atoms with Crippen LogP contribution in [0.25, 0.3) is 0 Å². The van der Waals surface area contributed by atoms with Crippen LogP contribution in [0.1, 0.15) is 95.4 Å². The van der Waals surface area contributed by atoms with Crippen LogP contribution >= 0.6 is 0 Å². The van der Waals surface area contributed by atoms with Gasteiger partial charge in [0.15, 0.2) is 37.2 Å². The van der Waals surface area contributed by atoms with Gasteiger partial charge >= 0.3 is 17.9 Å². The van der Waals surface area contributed by atoms with Gasteiger partial charge in [-0.3, -0.25) is 4.79 Å². The Balaban J connectivity index is 1.30. The molecule has 12 nitrogen and oxygen atoms in total. The molecule has 0 bridgehead atoms. The average Bonchev–Trinajstić information content (AvgIpc) is 3.20. The second kappa shape index (κ2) is 20.3. The Hall–Kier alpha value is -3.39. The van der Waals surface area contributed by atoms with Crippen LogP contribution in [-0.2, 0) is 47.4 Å². The zero-order valence-corrected chi connectivity index (χ0v) is 34.4. The summed E-state index contributed by atoms with van der Waals surface area (Å²) in [6.07, 6.45) is -3.22. The van der Waals surface area contributed by atoms with Gasteiger partial charge in [0, 0.05) is 31.8 Å². The summed E-state index contributed by atoms with van der Waals surface area (Å²) in [5, 5.41) is 0. The summed E-state index contributed by atoms with van der Waals surface area (Å²) in [7, 11) is 1.51. The number of carbonyl (C=O) groups excluding carboxylic acids is 3. The van der Waals surface area contributed by atoms with Crippen molar-refractivity contribution in [3.05, 3.63) is 71.8 Å². The SMILES string of the molecule is CCC1OC(OCCC2C(C)C(COC3OC(CC)C(C)C(C)C3OC(=O)c3ccccc3)OC(OC)C2OC(C)=O)C(OC(=O)c2ccccc2)C(C)C1C. The van der Waals surface area contributed by atoms with E-state index in [1.807, 2.05) is 19.1 Å². The van der Waals surface area contributed by atoms with Crippen LogP contribution in [0, 0.1) is 35.5 Å². The minimum absolute atomic E-state index is 0.0302. The summed E-state index contributed by atoms with van der Waals surface area (Å²) in [6, 6.07) is 17.8. The number of methoxy groups -OCH3 is 1. The van der Waals surface area contributed by atoms with Gasteiger partial charge in [-0.15, -0.1) is 0 Å². The average molecular weight is 783 g/mol. The number of ether oxygens (including phenoxy) is 9. The summed E-state index contributed by atoms with van der Waals surface area (Å²) in [5.74, 6) is -1.64. The Labute approximate surface area is 332 Å². The normalized spacial score (nSPS) is 36.0. The maximum atomic E-state index is 13.2. The molecule has 0 amide bonds. The van der Waals surface area contributed by atoms with E-state index < -0.39 is 61.2 Å². The fourth-order valence-electron chi connectivity index (χ4n) is 8.38. The van der Waals surface area contributed by atoms with E-state index in [4.69, 9.17) is 42.6 Å². The first kappa shape index (κ1) is 43.7. The van der Waals surface area contributed by atoms with E-state index in [-0.39, 0.29) is 60.9 Å². The van der Waals surface area contributed by atoms with Crippen LogP contribution in [0.15, 0.2) is 60.7 Å². The number of hydrogen-bond acceptors (Lipinski definition) is 12. The molecule has 0 N–H and O–H groups in total. The predicted molar refractivity (Wildman–Crippen MR) is 206 cm³/mol. The molecular formula is C44H62O12. The molecule has 3 heterocycles. The standard InChI is InChI=1S/C44H62O12/c1-10-34-25(3)27(5)37(55-40(46)31-18-14-12-15-19-31)43(52-34)49-23-22-33-29(7)36(54-42(48-9)39(33)51-30(8)45)24-50-44-38(28(6)26(4)35(11-2)53-44)56-41(47)32-20-16-13-17-21-32/h12-21,25-29,33-39,42-44H,10-11,22-24H2,1-9H3. The molecule has 0 saturated carbocycles. The number of esters is 3. The fraction of sp³-hybridized carbons (Fsp3) is 0.659. The molecule has 3 aliphatic rings. The Morgan fingerprint density at radius 1 is 0.571 bits per heavy atom. The summed E-state index contributed by atoms with van der Waals surface area (Å²) >= 11 is 0. The number of rotatable bonds is 15. The molecule has 0 spiro atoms. The van der Waals surface area contributed by atoms with Crippen molar-refractivity contribution in [3.8, 4) is 0 Å². The van der Waals surface area contributed by atoms with Gasteiger partial charge < -0.3 is 42.6 Å². The molecular weight excluding hydrogens is 720 g/mol. The maximum absolute atomic E-state index is 13.2. The summed E-state index contributed by atoms with van der Waals surface area (Å²) in [5.41, 5.74) is 0.905. The highest BCUT2D eigenvalue weighted by atomic mass is 16.7. The predicted octanol–water partition coefficient (Wildman–Crippen LogP) is 7.23. The molecule has 310 valence electrons. The van der Waals surface area contributed by atoms with E-state index in [0.29, 0.717) is 17.5 Å². The molecule has 2 aromatic rings. The number of hydrogen-bond donors (Lipinski definition) is 0. The third-order valence-electron chi connectivity index (χ3n) is 12.3. The van der Waals surface area contributed by atoms with E-state index in [2.05, 4.69) is 41.5 Å². The first-order valence-corrected chi connectivity index (χ1v) is 20.3. The van der Waals surface area contributed by atoms with Gasteiger partial charge in [0.25, 0.3) is 0 Å². The lowest BCUT2D eigenvalue weighted by Crippen LogP contribution is -2.56. The van der Waals surface area contributed by atoms with E-state index in [1.54, 1.807) is 48.5 Å². The van der Waals surface area contributed by atoms with Crippen molar-refractivity contribution in [2.45, 2.75) is 130 Å². The highest BCUT2D eigenvalue weighted by Crippen LogP contribution is 2.40. The highest BCUT2D eigenvalue weighted by Gasteiger charge is 2.49. The minimum Gasteiger partial charge on any atom is -0.457 e. The monoisotopic (exact) mass is 782 g/mol. The van der Waals surface area contributed by atoms with Crippen molar-refractivity contribution >= 4 is 17.9 Å². The Kier molecular flexibility index (Phi) is 15.9. The van der Waals surface area contributed by atoms with Gasteiger partial charge in [0.05, 0.1) is 42.7 Å². The van der Waals surface area contributed by atoms with Gasteiger partial charge in [-0.1, -0.05) is 84.9 Å². The Morgan fingerprint density at radius 2 is 1.04 bits per heavy atom. The molecule has 2 aromatic carbocycles. The van der Waals surface area contributed by atoms with Gasteiger partial charge in [-0.25, -0.2) is 9.59 Å². The van der Waals surface area contributed by atoms with Crippen molar-refractivity contribution in [1.29, 1.82) is 0 Å². The zero-order valence-electron chi connectivity index (χ0n) is 34.4. The molecule has 15 unspecified atom stereocenters. The van der Waals surface area contributed by atoms with Gasteiger partial charge in [-0.05, 0) is 61.3 Å². The van der Waals surface area contributed by atoms with Crippen LogP contribution in [-0.4, -0.2) is 93.7 Å². The topological polar surface area (TPSA) is 134 Å². The number of benzene rings is 2. The lowest BCUT2D eigenvalue weighted by molar-refractivity contribution is -0.307. The Bertz CT molecular complexity index is 1540. The van der Waals surface area contributed by atoms with Crippen molar-refractivity contribution in [3.63, 3.8) is 0 Å². The second-order valence-corrected chi connectivity index (χ2v) is 15.7. The van der Waals surface area contributed by atoms with Crippen LogP contribution in [0.3, 0.4) is 0 Å². The second-order valence-electron chi connectivity index (χ2n) is 15.7. The maximum Gasteiger partial charge on any atom is 0.338 e. The third kappa shape index (κ3) is 10.4. The largest absolute Gasteiger partial charge is 0.457 e. The molecule has 3 aliphatic heterocycles.